The third-order valence-corrected chi connectivity index (χ3v) is 3.60. The van der Waals surface area contributed by atoms with Gasteiger partial charge in [0.25, 0.3) is 0 Å². The molecule has 0 aromatic carbocycles. The zero-order valence-electron chi connectivity index (χ0n) is 12.5. The summed E-state index contributed by atoms with van der Waals surface area (Å²) in [5.41, 5.74) is -0.792. The van der Waals surface area contributed by atoms with Crippen LogP contribution in [0.25, 0.3) is 0 Å². The van der Waals surface area contributed by atoms with Crippen LogP contribution in [0.4, 0.5) is 0 Å². The van der Waals surface area contributed by atoms with Crippen molar-refractivity contribution < 1.29 is 14.6 Å². The quantitative estimate of drug-likeness (QED) is 0.592. The van der Waals surface area contributed by atoms with Crippen LogP contribution in [0.2, 0.25) is 0 Å². The Kier molecular flexibility index (Phi) is 8.20. The monoisotopic (exact) mass is 259 g/mol. The molecule has 0 saturated carbocycles. The number of carboxylic acid groups (broad SMARTS) is 1. The lowest BCUT2D eigenvalue weighted by atomic mass is 9.90. The number of hydrogen-bond donors (Lipinski definition) is 2. The summed E-state index contributed by atoms with van der Waals surface area (Å²) in [6.07, 6.45) is 2.20. The van der Waals surface area contributed by atoms with Gasteiger partial charge in [0.15, 0.2) is 0 Å². The van der Waals surface area contributed by atoms with Crippen LogP contribution in [-0.2, 0) is 9.53 Å². The summed E-state index contributed by atoms with van der Waals surface area (Å²) in [4.78, 5) is 11.4. The third kappa shape index (κ3) is 5.36. The molecule has 0 saturated heterocycles. The minimum Gasteiger partial charge on any atom is -0.480 e. The van der Waals surface area contributed by atoms with E-state index in [1.807, 2.05) is 13.8 Å². The van der Waals surface area contributed by atoms with Crippen molar-refractivity contribution in [2.24, 2.45) is 5.92 Å². The lowest BCUT2D eigenvalue weighted by molar-refractivity contribution is -0.145. The van der Waals surface area contributed by atoms with Gasteiger partial charge in [-0.2, -0.15) is 0 Å². The Labute approximate surface area is 111 Å². The molecule has 0 bridgehead atoms. The van der Waals surface area contributed by atoms with Gasteiger partial charge in [0.05, 0.1) is 6.10 Å². The van der Waals surface area contributed by atoms with Gasteiger partial charge >= 0.3 is 5.97 Å². The normalized spacial score (nSPS) is 16.6. The first-order valence-corrected chi connectivity index (χ1v) is 6.99. The van der Waals surface area contributed by atoms with Crippen LogP contribution in [0.1, 0.15) is 53.9 Å². The minimum atomic E-state index is -0.792. The van der Waals surface area contributed by atoms with Gasteiger partial charge in [0, 0.05) is 6.61 Å². The van der Waals surface area contributed by atoms with E-state index < -0.39 is 11.5 Å². The Balaban J connectivity index is 4.16. The molecule has 0 aliphatic rings. The van der Waals surface area contributed by atoms with E-state index in [0.717, 1.165) is 6.42 Å². The highest BCUT2D eigenvalue weighted by atomic mass is 16.5. The topological polar surface area (TPSA) is 58.6 Å². The van der Waals surface area contributed by atoms with Crippen LogP contribution in [0.3, 0.4) is 0 Å². The van der Waals surface area contributed by atoms with Crippen molar-refractivity contribution in [2.75, 3.05) is 13.2 Å². The number of likely N-dealkylation sites (N-methyl/N-ethyl adjacent to an activating group) is 1. The van der Waals surface area contributed by atoms with Crippen LogP contribution in [-0.4, -0.2) is 35.9 Å². The zero-order chi connectivity index (χ0) is 14.2. The standard InChI is InChI=1S/C14H29NO3/c1-6-14(13(16)17,15-7-2)9-8-10-18-12(5)11(3)4/h11-12,15H,6-10H2,1-5H3,(H,16,17). The lowest BCUT2D eigenvalue weighted by Gasteiger charge is -2.29. The van der Waals surface area contributed by atoms with E-state index in [1.165, 1.54) is 0 Å². The van der Waals surface area contributed by atoms with Crippen molar-refractivity contribution in [3.8, 4) is 0 Å². The fourth-order valence-corrected chi connectivity index (χ4v) is 1.90. The van der Waals surface area contributed by atoms with Gasteiger partial charge in [-0.15, -0.1) is 0 Å². The van der Waals surface area contributed by atoms with E-state index in [2.05, 4.69) is 26.1 Å². The Morgan fingerprint density at radius 1 is 1.33 bits per heavy atom. The molecule has 0 heterocycles. The van der Waals surface area contributed by atoms with E-state index in [0.29, 0.717) is 31.9 Å². The highest BCUT2D eigenvalue weighted by molar-refractivity contribution is 5.78. The molecular weight excluding hydrogens is 230 g/mol. The van der Waals surface area contributed by atoms with Crippen molar-refractivity contribution in [2.45, 2.75) is 65.5 Å². The van der Waals surface area contributed by atoms with E-state index >= 15 is 0 Å². The molecule has 2 N–H and O–H groups in total. The van der Waals surface area contributed by atoms with Crippen LogP contribution >= 0.6 is 0 Å². The molecule has 108 valence electrons. The maximum Gasteiger partial charge on any atom is 0.323 e. The van der Waals surface area contributed by atoms with Crippen molar-refractivity contribution in [1.82, 2.24) is 5.32 Å². The number of rotatable bonds is 10. The van der Waals surface area contributed by atoms with E-state index in [-0.39, 0.29) is 6.10 Å². The summed E-state index contributed by atoms with van der Waals surface area (Å²) in [6.45, 7) is 11.4. The maximum atomic E-state index is 11.4. The van der Waals surface area contributed by atoms with Gasteiger partial charge in [-0.25, -0.2) is 0 Å². The number of carbonyl (C=O) groups is 1. The first-order chi connectivity index (χ1) is 8.39. The van der Waals surface area contributed by atoms with Crippen molar-refractivity contribution >= 4 is 5.97 Å². The molecule has 0 aromatic rings. The van der Waals surface area contributed by atoms with E-state index in [4.69, 9.17) is 4.74 Å². The highest BCUT2D eigenvalue weighted by Gasteiger charge is 2.34. The number of carboxylic acids is 1. The predicted octanol–water partition coefficient (Wildman–Crippen LogP) is 2.67. The van der Waals surface area contributed by atoms with Crippen LogP contribution in [0.5, 0.6) is 0 Å². The SMILES string of the molecule is CCNC(CC)(CCCOC(C)C(C)C)C(=O)O. The van der Waals surface area contributed by atoms with Gasteiger partial charge in [0.2, 0.25) is 0 Å². The van der Waals surface area contributed by atoms with Gasteiger partial charge in [-0.3, -0.25) is 4.79 Å². The predicted molar refractivity (Wildman–Crippen MR) is 73.8 cm³/mol. The maximum absolute atomic E-state index is 11.4. The Morgan fingerprint density at radius 3 is 2.33 bits per heavy atom. The van der Waals surface area contributed by atoms with Gasteiger partial charge in [-0.1, -0.05) is 27.7 Å². The second-order valence-electron chi connectivity index (χ2n) is 5.19. The van der Waals surface area contributed by atoms with Crippen LogP contribution in [0.15, 0.2) is 0 Å². The fraction of sp³-hybridized carbons (Fsp3) is 0.929. The summed E-state index contributed by atoms with van der Waals surface area (Å²) >= 11 is 0. The molecule has 0 radical (unpaired) electrons. The zero-order valence-corrected chi connectivity index (χ0v) is 12.5. The molecule has 0 aromatic heterocycles. The van der Waals surface area contributed by atoms with Crippen LogP contribution in [0, 0.1) is 5.92 Å². The first-order valence-electron chi connectivity index (χ1n) is 6.99. The third-order valence-electron chi connectivity index (χ3n) is 3.60. The number of aliphatic carboxylic acids is 1. The molecule has 0 spiro atoms. The summed E-state index contributed by atoms with van der Waals surface area (Å²) in [7, 11) is 0. The number of nitrogens with one attached hydrogen (secondary N) is 1. The molecule has 4 nitrogen and oxygen atoms in total. The average molecular weight is 259 g/mol. The largest absolute Gasteiger partial charge is 0.480 e. The highest BCUT2D eigenvalue weighted by Crippen LogP contribution is 2.18. The second-order valence-corrected chi connectivity index (χ2v) is 5.19. The van der Waals surface area contributed by atoms with Crippen molar-refractivity contribution in [3.05, 3.63) is 0 Å². The first kappa shape index (κ1) is 17.4. The molecule has 2 atom stereocenters. The lowest BCUT2D eigenvalue weighted by Crippen LogP contribution is -2.51. The van der Waals surface area contributed by atoms with Crippen LogP contribution < -0.4 is 5.32 Å². The molecule has 0 rings (SSSR count). The summed E-state index contributed by atoms with van der Waals surface area (Å²) in [6, 6.07) is 0. The molecule has 0 fully saturated rings. The molecule has 2 unspecified atom stereocenters. The van der Waals surface area contributed by atoms with Gasteiger partial charge in [0.1, 0.15) is 5.54 Å². The smallest absolute Gasteiger partial charge is 0.323 e. The second kappa shape index (κ2) is 8.48. The van der Waals surface area contributed by atoms with Gasteiger partial charge in [-0.05, 0) is 38.6 Å². The van der Waals surface area contributed by atoms with Gasteiger partial charge < -0.3 is 15.2 Å². The summed E-state index contributed by atoms with van der Waals surface area (Å²) < 4.78 is 5.68. The molecule has 4 heteroatoms. The summed E-state index contributed by atoms with van der Waals surface area (Å²) in [5.74, 6) is -0.266. The van der Waals surface area contributed by atoms with E-state index in [9.17, 15) is 9.90 Å². The number of hydrogen-bond acceptors (Lipinski definition) is 3. The molecule has 0 amide bonds. The Bertz CT molecular complexity index is 243. The Hall–Kier alpha value is -0.610. The minimum absolute atomic E-state index is 0.227. The molecule has 0 aliphatic carbocycles. The fourth-order valence-electron chi connectivity index (χ4n) is 1.90. The van der Waals surface area contributed by atoms with Crippen molar-refractivity contribution in [1.29, 1.82) is 0 Å². The molecule has 0 aliphatic heterocycles. The van der Waals surface area contributed by atoms with Crippen molar-refractivity contribution in [3.63, 3.8) is 0 Å². The summed E-state index contributed by atoms with van der Waals surface area (Å²) in [5, 5.41) is 12.4. The molecular formula is C14H29NO3. The van der Waals surface area contributed by atoms with E-state index in [1.54, 1.807) is 0 Å². The molecule has 18 heavy (non-hydrogen) atoms. The Morgan fingerprint density at radius 2 is 1.94 bits per heavy atom. The number of ether oxygens (including phenoxy) is 1. The average Bonchev–Trinajstić information content (AvgIpc) is 2.32.